The summed E-state index contributed by atoms with van der Waals surface area (Å²) in [7, 11) is 1.99. The third-order valence-electron chi connectivity index (χ3n) is 3.31. The van der Waals surface area contributed by atoms with Crippen molar-refractivity contribution in [2.75, 3.05) is 0 Å². The van der Waals surface area contributed by atoms with Gasteiger partial charge in [-0.25, -0.2) is 0 Å². The van der Waals surface area contributed by atoms with Gasteiger partial charge in [-0.05, 0) is 31.4 Å². The first kappa shape index (κ1) is 11.1. The Balaban J connectivity index is 1.87. The van der Waals surface area contributed by atoms with Crippen LogP contribution in [0, 0.1) is 0 Å². The second-order valence-electron chi connectivity index (χ2n) is 4.72. The zero-order valence-electron chi connectivity index (χ0n) is 9.91. The van der Waals surface area contributed by atoms with Gasteiger partial charge in [-0.15, -0.1) is 0 Å². The van der Waals surface area contributed by atoms with Crippen molar-refractivity contribution >= 4 is 17.7 Å². The lowest BCUT2D eigenvalue weighted by atomic mass is 10.1. The van der Waals surface area contributed by atoms with Gasteiger partial charge in [0.05, 0.1) is 11.4 Å². The molecule has 4 heteroatoms. The number of halogens is 1. The largest absolute Gasteiger partial charge is 0.308 e. The molecule has 0 amide bonds. The molecule has 1 saturated carbocycles. The highest BCUT2D eigenvalue weighted by molar-refractivity contribution is 6.31. The molecule has 17 heavy (non-hydrogen) atoms. The lowest BCUT2D eigenvalue weighted by Crippen LogP contribution is -2.16. The van der Waals surface area contributed by atoms with E-state index in [9.17, 15) is 0 Å². The Bertz CT molecular complexity index is 495. The third-order valence-corrected chi connectivity index (χ3v) is 3.59. The monoisotopic (exact) mass is 249 g/mol. The van der Waals surface area contributed by atoms with Crippen molar-refractivity contribution in [3.05, 3.63) is 34.1 Å². The Morgan fingerprint density at radius 2 is 2.29 bits per heavy atom. The number of hydrogen-bond donors (Lipinski definition) is 1. The van der Waals surface area contributed by atoms with Crippen LogP contribution in [0.3, 0.4) is 0 Å². The average molecular weight is 250 g/mol. The number of allylic oxidation sites excluding steroid dienone is 3. The van der Waals surface area contributed by atoms with Crippen molar-refractivity contribution in [2.45, 2.75) is 31.8 Å². The molecule has 1 fully saturated rings. The fourth-order valence-corrected chi connectivity index (χ4v) is 2.31. The Morgan fingerprint density at radius 3 is 3.06 bits per heavy atom. The maximum Gasteiger partial charge on any atom is 0.0803 e. The van der Waals surface area contributed by atoms with Gasteiger partial charge in [0, 0.05) is 30.2 Å². The summed E-state index contributed by atoms with van der Waals surface area (Å²) in [6.07, 6.45) is 9.52. The molecule has 0 saturated heterocycles. The minimum absolute atomic E-state index is 0.716. The predicted octanol–water partition coefficient (Wildman–Crippen LogP) is 2.36. The number of fused-ring (bicyclic) bond motifs is 1. The van der Waals surface area contributed by atoms with Crippen LogP contribution in [0.2, 0.25) is 0 Å². The van der Waals surface area contributed by atoms with Gasteiger partial charge in [-0.1, -0.05) is 17.7 Å². The Kier molecular flexibility index (Phi) is 2.81. The van der Waals surface area contributed by atoms with Crippen LogP contribution in [0.4, 0.5) is 0 Å². The van der Waals surface area contributed by atoms with Gasteiger partial charge in [-0.2, -0.15) is 5.10 Å². The summed E-state index contributed by atoms with van der Waals surface area (Å²) < 4.78 is 1.94. The second-order valence-corrected chi connectivity index (χ2v) is 5.15. The van der Waals surface area contributed by atoms with E-state index in [1.54, 1.807) is 0 Å². The quantitative estimate of drug-likeness (QED) is 0.891. The molecule has 2 aliphatic carbocycles. The molecule has 0 aliphatic heterocycles. The molecule has 2 aliphatic rings. The van der Waals surface area contributed by atoms with Crippen LogP contribution in [0.25, 0.3) is 6.08 Å². The highest BCUT2D eigenvalue weighted by Gasteiger charge is 2.22. The van der Waals surface area contributed by atoms with Gasteiger partial charge in [0.1, 0.15) is 0 Å². The topological polar surface area (TPSA) is 29.9 Å². The minimum atomic E-state index is 0.716. The Morgan fingerprint density at radius 1 is 1.47 bits per heavy atom. The van der Waals surface area contributed by atoms with E-state index < -0.39 is 0 Å². The standard InChI is InChI=1S/C13H16ClN3/c1-17-13-7-3-9(14)2-6-11(13)12(16-17)8-15-10-4-5-10/h2-3,7,10,15H,4-6,8H2,1H3. The lowest BCUT2D eigenvalue weighted by molar-refractivity contribution is 0.650. The molecule has 3 nitrogen and oxygen atoms in total. The molecular formula is C13H16ClN3. The first-order chi connectivity index (χ1) is 8.24. The SMILES string of the molecule is Cn1nc(CNC2CC2)c2c1C=CC(Cl)=CC2. The molecule has 0 aromatic carbocycles. The zero-order valence-corrected chi connectivity index (χ0v) is 10.7. The molecule has 3 rings (SSSR count). The first-order valence-corrected chi connectivity index (χ1v) is 6.43. The minimum Gasteiger partial charge on any atom is -0.308 e. The van der Waals surface area contributed by atoms with Gasteiger partial charge < -0.3 is 5.32 Å². The summed E-state index contributed by atoms with van der Waals surface area (Å²) in [5.41, 5.74) is 3.62. The zero-order chi connectivity index (χ0) is 11.8. The summed E-state index contributed by atoms with van der Waals surface area (Å²) in [4.78, 5) is 0. The summed E-state index contributed by atoms with van der Waals surface area (Å²) in [6, 6.07) is 0.716. The number of hydrogen-bond acceptors (Lipinski definition) is 2. The molecule has 1 aromatic heterocycles. The maximum atomic E-state index is 6.04. The van der Waals surface area contributed by atoms with E-state index >= 15 is 0 Å². The number of nitrogens with zero attached hydrogens (tertiary/aromatic N) is 2. The van der Waals surface area contributed by atoms with Crippen LogP contribution < -0.4 is 5.32 Å². The van der Waals surface area contributed by atoms with E-state index in [4.69, 9.17) is 11.6 Å². The molecule has 0 atom stereocenters. The molecule has 0 unspecified atom stereocenters. The molecule has 1 aromatic rings. The average Bonchev–Trinajstić information content (AvgIpc) is 3.08. The number of aryl methyl sites for hydroxylation is 1. The molecule has 90 valence electrons. The van der Waals surface area contributed by atoms with E-state index in [1.165, 1.54) is 24.1 Å². The molecule has 1 heterocycles. The summed E-state index contributed by atoms with van der Waals surface area (Å²) in [6.45, 7) is 0.868. The Labute approximate surface area is 106 Å². The van der Waals surface area contributed by atoms with Crippen molar-refractivity contribution < 1.29 is 0 Å². The van der Waals surface area contributed by atoms with Gasteiger partial charge in [-0.3, -0.25) is 4.68 Å². The van der Waals surface area contributed by atoms with Crippen molar-refractivity contribution in [3.8, 4) is 0 Å². The van der Waals surface area contributed by atoms with E-state index in [1.807, 2.05) is 23.9 Å². The highest BCUT2D eigenvalue weighted by Crippen LogP contribution is 2.24. The van der Waals surface area contributed by atoms with E-state index in [2.05, 4.69) is 16.5 Å². The number of aromatic nitrogens is 2. The van der Waals surface area contributed by atoms with Crippen LogP contribution in [-0.2, 0) is 20.0 Å². The molecule has 0 spiro atoms. The number of nitrogens with one attached hydrogen (secondary N) is 1. The van der Waals surface area contributed by atoms with E-state index in [-0.39, 0.29) is 0 Å². The summed E-state index contributed by atoms with van der Waals surface area (Å²) in [5, 5.41) is 8.91. The molecule has 0 radical (unpaired) electrons. The third kappa shape index (κ3) is 2.31. The van der Waals surface area contributed by atoms with Gasteiger partial charge >= 0.3 is 0 Å². The molecular weight excluding hydrogens is 234 g/mol. The van der Waals surface area contributed by atoms with Crippen molar-refractivity contribution in [1.82, 2.24) is 15.1 Å². The van der Waals surface area contributed by atoms with Crippen LogP contribution in [0.15, 0.2) is 17.2 Å². The normalized spacial score (nSPS) is 18.8. The second kappa shape index (κ2) is 4.31. The van der Waals surface area contributed by atoms with Crippen molar-refractivity contribution in [1.29, 1.82) is 0 Å². The lowest BCUT2D eigenvalue weighted by Gasteiger charge is -2.02. The summed E-state index contributed by atoms with van der Waals surface area (Å²) >= 11 is 6.04. The van der Waals surface area contributed by atoms with E-state index in [0.29, 0.717) is 6.04 Å². The van der Waals surface area contributed by atoms with Crippen LogP contribution in [0.5, 0.6) is 0 Å². The van der Waals surface area contributed by atoms with E-state index in [0.717, 1.165) is 23.7 Å². The van der Waals surface area contributed by atoms with Gasteiger partial charge in [0.15, 0.2) is 0 Å². The molecule has 0 bridgehead atoms. The van der Waals surface area contributed by atoms with Gasteiger partial charge in [0.25, 0.3) is 0 Å². The maximum absolute atomic E-state index is 6.04. The first-order valence-electron chi connectivity index (χ1n) is 6.06. The van der Waals surface area contributed by atoms with Crippen molar-refractivity contribution in [2.24, 2.45) is 7.05 Å². The highest BCUT2D eigenvalue weighted by atomic mass is 35.5. The smallest absolute Gasteiger partial charge is 0.0803 e. The molecule has 1 N–H and O–H groups in total. The predicted molar refractivity (Wildman–Crippen MR) is 69.7 cm³/mol. The van der Waals surface area contributed by atoms with Crippen molar-refractivity contribution in [3.63, 3.8) is 0 Å². The fourth-order valence-electron chi connectivity index (χ4n) is 2.17. The number of rotatable bonds is 3. The van der Waals surface area contributed by atoms with Crippen LogP contribution in [-0.4, -0.2) is 15.8 Å². The van der Waals surface area contributed by atoms with Crippen LogP contribution in [0.1, 0.15) is 29.8 Å². The summed E-state index contributed by atoms with van der Waals surface area (Å²) in [5.74, 6) is 0. The van der Waals surface area contributed by atoms with Crippen LogP contribution >= 0.6 is 11.6 Å². The van der Waals surface area contributed by atoms with Gasteiger partial charge in [0.2, 0.25) is 0 Å². The fraction of sp³-hybridized carbons (Fsp3) is 0.462. The Hall–Kier alpha value is -1.06.